The number of aryl methyl sites for hydroxylation is 1. The van der Waals surface area contributed by atoms with Gasteiger partial charge in [-0.25, -0.2) is 0 Å². The predicted octanol–water partition coefficient (Wildman–Crippen LogP) is 10.3. The third-order valence-electron chi connectivity index (χ3n) is 9.56. The average molecular weight is 736 g/mol. The maximum absolute atomic E-state index is 11.5. The molecule has 7 nitrogen and oxygen atoms in total. The normalized spacial score (nSPS) is 17.6. The maximum Gasteiger partial charge on any atom is 0.160 e. The van der Waals surface area contributed by atoms with Gasteiger partial charge in [-0.15, -0.1) is 6.58 Å². The number of carbonyl (C=O) groups excluding carboxylic acids is 2. The number of aliphatic hydroxyl groups excluding tert-OH is 1. The van der Waals surface area contributed by atoms with Crippen molar-refractivity contribution in [2.45, 2.75) is 133 Å². The smallest absolute Gasteiger partial charge is 0.160 e. The Hall–Kier alpha value is -3.26. The summed E-state index contributed by atoms with van der Waals surface area (Å²) in [6, 6.07) is 9.35. The van der Waals surface area contributed by atoms with Crippen molar-refractivity contribution in [2.24, 2.45) is 10.8 Å². The summed E-state index contributed by atoms with van der Waals surface area (Å²) in [5.74, 6) is 0.114. The van der Waals surface area contributed by atoms with Gasteiger partial charge in [-0.1, -0.05) is 77.5 Å². The van der Waals surface area contributed by atoms with Crippen LogP contribution in [0.15, 0.2) is 65.9 Å². The first kappa shape index (κ1) is 49.7. The minimum absolute atomic E-state index is 0.0230. The Bertz CT molecular complexity index is 1480. The molecule has 4 rings (SSSR count). The number of nitrogens with one attached hydrogen (secondary N) is 1. The Kier molecular flexibility index (Phi) is 22.7. The molecule has 1 aliphatic heterocycles. The quantitative estimate of drug-likeness (QED) is 0.0968. The van der Waals surface area contributed by atoms with E-state index in [4.69, 9.17) is 0 Å². The van der Waals surface area contributed by atoms with Gasteiger partial charge in [-0.3, -0.25) is 4.79 Å². The topological polar surface area (TPSA) is 93.1 Å². The molecule has 2 fully saturated rings. The largest absolute Gasteiger partial charge is 0.508 e. The molecule has 0 amide bonds. The number of Topliss-reactive ketones (excluding diaryl/α,β-unsaturated/α-hetero) is 1. The van der Waals surface area contributed by atoms with Crippen molar-refractivity contribution >= 4 is 22.8 Å². The van der Waals surface area contributed by atoms with Crippen LogP contribution in [0.1, 0.15) is 130 Å². The van der Waals surface area contributed by atoms with Gasteiger partial charge in [0.2, 0.25) is 0 Å². The molecule has 1 heterocycles. The van der Waals surface area contributed by atoms with E-state index in [9.17, 15) is 19.8 Å². The number of likely N-dealkylation sites (tertiary alicyclic amines) is 1. The zero-order valence-electron chi connectivity index (χ0n) is 36.2. The number of hydrogen-bond donors (Lipinski definition) is 3. The maximum atomic E-state index is 11.5. The van der Waals surface area contributed by atoms with Crippen LogP contribution in [0, 0.1) is 17.8 Å². The molecule has 0 bridgehead atoms. The Morgan fingerprint density at radius 3 is 2.00 bits per heavy atom. The van der Waals surface area contributed by atoms with Crippen molar-refractivity contribution < 1.29 is 19.8 Å². The van der Waals surface area contributed by atoms with Crippen LogP contribution in [-0.2, 0) is 4.79 Å². The highest BCUT2D eigenvalue weighted by atomic mass is 16.3. The number of carbonyl (C=O) groups is 2. The molecule has 300 valence electrons. The zero-order valence-corrected chi connectivity index (χ0v) is 36.2. The number of fused-ring (bicyclic) bond motifs is 1. The lowest BCUT2D eigenvalue weighted by Gasteiger charge is -2.38. The number of hydrogen-bond acceptors (Lipinski definition) is 7. The highest BCUT2D eigenvalue weighted by Gasteiger charge is 2.40. The van der Waals surface area contributed by atoms with Crippen LogP contribution in [-0.4, -0.2) is 85.0 Å². The predicted molar refractivity (Wildman–Crippen MR) is 229 cm³/mol. The van der Waals surface area contributed by atoms with E-state index >= 15 is 0 Å². The highest BCUT2D eigenvalue weighted by molar-refractivity contribution is 6.08. The van der Waals surface area contributed by atoms with Crippen LogP contribution < -0.4 is 5.32 Å². The van der Waals surface area contributed by atoms with Gasteiger partial charge in [-0.05, 0) is 139 Å². The van der Waals surface area contributed by atoms with Gasteiger partial charge < -0.3 is 30.1 Å². The summed E-state index contributed by atoms with van der Waals surface area (Å²) in [6.07, 6.45) is 8.51. The summed E-state index contributed by atoms with van der Waals surface area (Å²) >= 11 is 0. The number of likely N-dealkylation sites (N-methyl/N-ethyl adjacent to an activating group) is 1. The first-order valence-corrected chi connectivity index (χ1v) is 19.5. The van der Waals surface area contributed by atoms with Crippen molar-refractivity contribution in [3.05, 3.63) is 77.0 Å². The number of ketones is 1. The summed E-state index contributed by atoms with van der Waals surface area (Å²) in [5.41, 5.74) is 7.58. The SMILES string of the molecule is C=C(C)C.C=C(CC)/C(CC)=C(\C)N1CC(O)CC(NC)C1.CC(=O)c1cc(O)cc2cccc(C)c12.CC(C)(C)CC=O.CCC1(CN(C)C)CC1. The molecule has 2 aliphatic rings. The molecule has 1 saturated carbocycles. The number of aldehydes is 1. The molecular formula is C46H77N3O4. The molecule has 7 heteroatoms. The number of β-amino-alcohol motifs (C(OH)–C–C–N with tert-alkyl or cyclic N) is 1. The lowest BCUT2D eigenvalue weighted by atomic mass is 9.93. The van der Waals surface area contributed by atoms with Crippen molar-refractivity contribution in [2.75, 3.05) is 40.8 Å². The van der Waals surface area contributed by atoms with Crippen LogP contribution in [0.4, 0.5) is 0 Å². The molecule has 1 aliphatic carbocycles. The van der Waals surface area contributed by atoms with E-state index in [0.29, 0.717) is 18.0 Å². The summed E-state index contributed by atoms with van der Waals surface area (Å²) < 4.78 is 0. The third-order valence-corrected chi connectivity index (χ3v) is 9.56. The first-order valence-electron chi connectivity index (χ1n) is 19.5. The number of piperidine rings is 1. The molecule has 2 unspecified atom stereocenters. The minimum Gasteiger partial charge on any atom is -0.508 e. The molecule has 2 aromatic carbocycles. The van der Waals surface area contributed by atoms with Crippen molar-refractivity contribution in [3.63, 3.8) is 0 Å². The summed E-state index contributed by atoms with van der Waals surface area (Å²) in [4.78, 5) is 25.9. The number of phenolic OH excluding ortho intramolecular Hbond substituents is 1. The Morgan fingerprint density at radius 1 is 1.04 bits per heavy atom. The number of benzene rings is 2. The molecule has 0 radical (unpaired) electrons. The minimum atomic E-state index is -0.237. The Labute approximate surface area is 324 Å². The van der Waals surface area contributed by atoms with E-state index in [2.05, 4.69) is 70.1 Å². The number of rotatable bonds is 10. The van der Waals surface area contributed by atoms with Crippen LogP contribution in [0.3, 0.4) is 0 Å². The van der Waals surface area contributed by atoms with Gasteiger partial charge in [0.1, 0.15) is 12.0 Å². The number of allylic oxidation sites excluding steroid dienone is 4. The lowest BCUT2D eigenvalue weighted by molar-refractivity contribution is -0.109. The van der Waals surface area contributed by atoms with E-state index in [-0.39, 0.29) is 23.1 Å². The molecule has 2 atom stereocenters. The Balaban J connectivity index is 0.000000692. The molecule has 3 N–H and O–H groups in total. The van der Waals surface area contributed by atoms with Crippen LogP contribution >= 0.6 is 0 Å². The fourth-order valence-corrected chi connectivity index (χ4v) is 6.32. The van der Waals surface area contributed by atoms with Gasteiger partial charge in [0.25, 0.3) is 0 Å². The number of aromatic hydroxyl groups is 1. The van der Waals surface area contributed by atoms with Gasteiger partial charge in [-0.2, -0.15) is 0 Å². The number of aliphatic hydroxyl groups is 1. The summed E-state index contributed by atoms with van der Waals surface area (Å²) in [5, 5.41) is 24.6. The van der Waals surface area contributed by atoms with Crippen molar-refractivity contribution in [1.29, 1.82) is 0 Å². The third kappa shape index (κ3) is 19.6. The second-order valence-electron chi connectivity index (χ2n) is 16.6. The molecule has 1 saturated heterocycles. The van der Waals surface area contributed by atoms with E-state index in [1.807, 2.05) is 66.8 Å². The fourth-order valence-electron chi connectivity index (χ4n) is 6.32. The van der Waals surface area contributed by atoms with E-state index in [1.54, 1.807) is 6.07 Å². The van der Waals surface area contributed by atoms with E-state index in [1.165, 1.54) is 61.2 Å². The molecule has 53 heavy (non-hydrogen) atoms. The second kappa shape index (κ2) is 24.2. The Morgan fingerprint density at radius 2 is 1.62 bits per heavy atom. The zero-order chi connectivity index (χ0) is 41.1. The first-order chi connectivity index (χ1) is 24.6. The van der Waals surface area contributed by atoms with E-state index < -0.39 is 0 Å². The number of phenols is 1. The van der Waals surface area contributed by atoms with Crippen molar-refractivity contribution in [1.82, 2.24) is 15.1 Å². The van der Waals surface area contributed by atoms with Crippen molar-refractivity contribution in [3.8, 4) is 5.75 Å². The van der Waals surface area contributed by atoms with Gasteiger partial charge in [0, 0.05) is 43.4 Å². The monoisotopic (exact) mass is 736 g/mol. The second-order valence-corrected chi connectivity index (χ2v) is 16.6. The van der Waals surface area contributed by atoms with Gasteiger partial charge in [0.05, 0.1) is 6.10 Å². The summed E-state index contributed by atoms with van der Waals surface area (Å²) in [6.45, 7) is 33.1. The fraction of sp³-hybridized carbons (Fsp3) is 0.609. The molecule has 2 aromatic rings. The van der Waals surface area contributed by atoms with Gasteiger partial charge in [0.15, 0.2) is 5.78 Å². The molecule has 0 spiro atoms. The highest BCUT2D eigenvalue weighted by Crippen LogP contribution is 2.48. The van der Waals surface area contributed by atoms with Gasteiger partial charge >= 0.3 is 0 Å². The molecular weight excluding hydrogens is 659 g/mol. The average Bonchev–Trinajstić information content (AvgIpc) is 3.83. The van der Waals surface area contributed by atoms with Crippen LogP contribution in [0.5, 0.6) is 5.75 Å². The number of nitrogens with zero attached hydrogens (tertiary/aromatic N) is 2. The standard InChI is InChI=1S/C15H28N2O.C13H12O2.C8H17N.C6H12O.C4H8/c1-6-11(3)15(7-2)12(4)17-9-13(16-5)8-14(18)10-17;1-8-4-3-5-10-6-11(15)7-12(9(2)14)13(8)10;1-4-8(5-6-8)7-9(2)3;1-6(2,3)4-5-7;1-4(2)3/h13-14,16,18H,3,6-10H2,1-2,4-5H3;3-7,15H,1-2H3;4-7H2,1-3H3;5H,4H2,1-3H3;1H2,2-3H3/b15-12+;;;;. The lowest BCUT2D eigenvalue weighted by Crippen LogP contribution is -2.49. The van der Waals surface area contributed by atoms with Crippen LogP contribution in [0.2, 0.25) is 0 Å². The summed E-state index contributed by atoms with van der Waals surface area (Å²) in [7, 11) is 6.29. The molecule has 0 aromatic heterocycles. The van der Waals surface area contributed by atoms with Crippen LogP contribution in [0.25, 0.3) is 10.8 Å². The van der Waals surface area contributed by atoms with E-state index in [0.717, 1.165) is 60.4 Å².